The summed E-state index contributed by atoms with van der Waals surface area (Å²) in [5.41, 5.74) is 6.25. The van der Waals surface area contributed by atoms with Crippen LogP contribution in [-0.4, -0.2) is 26.7 Å². The van der Waals surface area contributed by atoms with Crippen LogP contribution in [0.2, 0.25) is 0 Å². The van der Waals surface area contributed by atoms with Crippen LogP contribution in [0.1, 0.15) is 13.3 Å². The normalized spacial score (nSPS) is 12.1. The fourth-order valence-corrected chi connectivity index (χ4v) is 1.42. The topological polar surface area (TPSA) is 85.8 Å². The second-order valence-corrected chi connectivity index (χ2v) is 3.86. The van der Waals surface area contributed by atoms with E-state index >= 15 is 0 Å². The zero-order valence-electron chi connectivity index (χ0n) is 10.1. The SMILES string of the molecule is CC[C@@H](N)C(=O)Nc1ccc(-n2cccn2)nc1. The molecule has 2 heterocycles. The van der Waals surface area contributed by atoms with E-state index in [-0.39, 0.29) is 5.91 Å². The number of carbonyl (C=O) groups is 1. The van der Waals surface area contributed by atoms with E-state index in [1.165, 1.54) is 0 Å². The third-order valence-electron chi connectivity index (χ3n) is 2.53. The van der Waals surface area contributed by atoms with Crippen molar-refractivity contribution in [3.63, 3.8) is 0 Å². The van der Waals surface area contributed by atoms with Gasteiger partial charge in [0, 0.05) is 12.4 Å². The molecule has 18 heavy (non-hydrogen) atoms. The molecule has 2 rings (SSSR count). The van der Waals surface area contributed by atoms with E-state index in [1.807, 2.05) is 13.0 Å². The summed E-state index contributed by atoms with van der Waals surface area (Å²) >= 11 is 0. The first kappa shape index (κ1) is 12.3. The molecule has 3 N–H and O–H groups in total. The summed E-state index contributed by atoms with van der Waals surface area (Å²) in [5.74, 6) is 0.490. The molecule has 0 saturated carbocycles. The van der Waals surface area contributed by atoms with E-state index in [9.17, 15) is 4.79 Å². The third-order valence-corrected chi connectivity index (χ3v) is 2.53. The molecule has 6 heteroatoms. The predicted octanol–water partition coefficient (Wildman–Crippen LogP) is 0.943. The van der Waals surface area contributed by atoms with Crippen molar-refractivity contribution in [2.45, 2.75) is 19.4 Å². The number of nitrogens with two attached hydrogens (primary N) is 1. The third kappa shape index (κ3) is 2.72. The van der Waals surface area contributed by atoms with Gasteiger partial charge >= 0.3 is 0 Å². The van der Waals surface area contributed by atoms with Crippen LogP contribution >= 0.6 is 0 Å². The van der Waals surface area contributed by atoms with Crippen molar-refractivity contribution in [3.8, 4) is 5.82 Å². The summed E-state index contributed by atoms with van der Waals surface area (Å²) in [6, 6.07) is 4.87. The first-order valence-electron chi connectivity index (χ1n) is 5.73. The lowest BCUT2D eigenvalue weighted by molar-refractivity contribution is -0.117. The number of aromatic nitrogens is 3. The highest BCUT2D eigenvalue weighted by Crippen LogP contribution is 2.09. The summed E-state index contributed by atoms with van der Waals surface area (Å²) in [4.78, 5) is 15.8. The summed E-state index contributed by atoms with van der Waals surface area (Å²) in [5, 5.41) is 6.77. The molecule has 0 aliphatic carbocycles. The summed E-state index contributed by atoms with van der Waals surface area (Å²) < 4.78 is 1.64. The molecule has 0 spiro atoms. The van der Waals surface area contributed by atoms with Gasteiger partial charge < -0.3 is 11.1 Å². The Bertz CT molecular complexity index is 506. The van der Waals surface area contributed by atoms with Crippen molar-refractivity contribution < 1.29 is 4.79 Å². The molecule has 0 aromatic carbocycles. The highest BCUT2D eigenvalue weighted by Gasteiger charge is 2.10. The fourth-order valence-electron chi connectivity index (χ4n) is 1.42. The Labute approximate surface area is 105 Å². The van der Waals surface area contributed by atoms with Crippen molar-refractivity contribution in [3.05, 3.63) is 36.8 Å². The minimum absolute atomic E-state index is 0.203. The van der Waals surface area contributed by atoms with Crippen LogP contribution in [-0.2, 0) is 4.79 Å². The van der Waals surface area contributed by atoms with Gasteiger partial charge in [-0.3, -0.25) is 4.79 Å². The smallest absolute Gasteiger partial charge is 0.241 e. The van der Waals surface area contributed by atoms with E-state index in [2.05, 4.69) is 15.4 Å². The fraction of sp³-hybridized carbons (Fsp3) is 0.250. The van der Waals surface area contributed by atoms with Crippen LogP contribution < -0.4 is 11.1 Å². The van der Waals surface area contributed by atoms with Gasteiger partial charge in [0.2, 0.25) is 5.91 Å². The first-order chi connectivity index (χ1) is 8.70. The van der Waals surface area contributed by atoms with E-state index < -0.39 is 6.04 Å². The molecular formula is C12H15N5O. The van der Waals surface area contributed by atoms with Crippen molar-refractivity contribution in [2.24, 2.45) is 5.73 Å². The molecule has 0 saturated heterocycles. The summed E-state index contributed by atoms with van der Waals surface area (Å²) in [6.07, 6.45) is 5.66. The van der Waals surface area contributed by atoms with Crippen molar-refractivity contribution >= 4 is 11.6 Å². The van der Waals surface area contributed by atoms with Crippen LogP contribution in [0.4, 0.5) is 5.69 Å². The lowest BCUT2D eigenvalue weighted by Gasteiger charge is -2.10. The zero-order chi connectivity index (χ0) is 13.0. The number of anilines is 1. The monoisotopic (exact) mass is 245 g/mol. The second-order valence-electron chi connectivity index (χ2n) is 3.86. The lowest BCUT2D eigenvalue weighted by Crippen LogP contribution is -2.34. The van der Waals surface area contributed by atoms with Gasteiger partial charge in [-0.15, -0.1) is 0 Å². The number of hydrogen-bond donors (Lipinski definition) is 2. The lowest BCUT2D eigenvalue weighted by atomic mass is 10.2. The number of rotatable bonds is 4. The Kier molecular flexibility index (Phi) is 3.69. The quantitative estimate of drug-likeness (QED) is 0.839. The van der Waals surface area contributed by atoms with Gasteiger partial charge in [-0.05, 0) is 24.6 Å². The summed E-state index contributed by atoms with van der Waals surface area (Å²) in [6.45, 7) is 1.86. The van der Waals surface area contributed by atoms with Gasteiger partial charge in [0.15, 0.2) is 5.82 Å². The number of nitrogens with zero attached hydrogens (tertiary/aromatic N) is 3. The van der Waals surface area contributed by atoms with Gasteiger partial charge in [0.05, 0.1) is 17.9 Å². The molecular weight excluding hydrogens is 230 g/mol. The van der Waals surface area contributed by atoms with Gasteiger partial charge in [-0.2, -0.15) is 5.10 Å². The zero-order valence-corrected chi connectivity index (χ0v) is 10.1. The maximum Gasteiger partial charge on any atom is 0.241 e. The van der Waals surface area contributed by atoms with E-state index in [1.54, 1.807) is 35.4 Å². The number of nitrogens with one attached hydrogen (secondary N) is 1. The standard InChI is InChI=1S/C12H15N5O/c1-2-10(13)12(18)16-9-4-5-11(14-8-9)17-7-3-6-15-17/h3-8,10H,2,13H2,1H3,(H,16,18)/t10-/m1/s1. The van der Waals surface area contributed by atoms with Crippen LogP contribution in [0.5, 0.6) is 0 Å². The van der Waals surface area contributed by atoms with Crippen LogP contribution in [0, 0.1) is 0 Å². The first-order valence-corrected chi connectivity index (χ1v) is 5.73. The molecule has 0 fully saturated rings. The Morgan fingerprint density at radius 2 is 2.39 bits per heavy atom. The second kappa shape index (κ2) is 5.42. The largest absolute Gasteiger partial charge is 0.323 e. The molecule has 0 aliphatic heterocycles. The number of carbonyl (C=O) groups excluding carboxylic acids is 1. The van der Waals surface area contributed by atoms with Gasteiger partial charge in [0.1, 0.15) is 0 Å². The van der Waals surface area contributed by atoms with Gasteiger partial charge in [0.25, 0.3) is 0 Å². The van der Waals surface area contributed by atoms with Crippen molar-refractivity contribution in [2.75, 3.05) is 5.32 Å². The maximum absolute atomic E-state index is 11.6. The number of hydrogen-bond acceptors (Lipinski definition) is 4. The van der Waals surface area contributed by atoms with E-state index in [0.29, 0.717) is 17.9 Å². The molecule has 6 nitrogen and oxygen atoms in total. The number of pyridine rings is 1. The molecule has 1 amide bonds. The molecule has 0 unspecified atom stereocenters. The van der Waals surface area contributed by atoms with Gasteiger partial charge in [-0.1, -0.05) is 6.92 Å². The maximum atomic E-state index is 11.6. The molecule has 0 radical (unpaired) electrons. The summed E-state index contributed by atoms with van der Waals surface area (Å²) in [7, 11) is 0. The minimum atomic E-state index is -0.490. The van der Waals surface area contributed by atoms with Crippen LogP contribution in [0.3, 0.4) is 0 Å². The minimum Gasteiger partial charge on any atom is -0.323 e. The van der Waals surface area contributed by atoms with E-state index in [0.717, 1.165) is 0 Å². The number of amides is 1. The molecule has 0 bridgehead atoms. The highest BCUT2D eigenvalue weighted by atomic mass is 16.2. The predicted molar refractivity (Wildman–Crippen MR) is 68.3 cm³/mol. The molecule has 2 aromatic rings. The Balaban J connectivity index is 2.06. The van der Waals surface area contributed by atoms with E-state index in [4.69, 9.17) is 5.73 Å². The Morgan fingerprint density at radius 1 is 1.56 bits per heavy atom. The Morgan fingerprint density at radius 3 is 2.94 bits per heavy atom. The molecule has 0 aliphatic rings. The Hall–Kier alpha value is -2.21. The molecule has 94 valence electrons. The molecule has 1 atom stereocenters. The average molecular weight is 245 g/mol. The van der Waals surface area contributed by atoms with Gasteiger partial charge in [-0.25, -0.2) is 9.67 Å². The highest BCUT2D eigenvalue weighted by molar-refractivity contribution is 5.94. The average Bonchev–Trinajstić information content (AvgIpc) is 2.92. The van der Waals surface area contributed by atoms with Crippen LogP contribution in [0.25, 0.3) is 5.82 Å². The van der Waals surface area contributed by atoms with Crippen molar-refractivity contribution in [1.82, 2.24) is 14.8 Å². The van der Waals surface area contributed by atoms with Crippen LogP contribution in [0.15, 0.2) is 36.8 Å². The van der Waals surface area contributed by atoms with Crippen molar-refractivity contribution in [1.29, 1.82) is 0 Å². The molecule has 2 aromatic heterocycles.